The molecule has 1 aliphatic heterocycles. The molecule has 100 valence electrons. The molecule has 9 heteroatoms. The fourth-order valence-corrected chi connectivity index (χ4v) is 1.02. The van der Waals surface area contributed by atoms with Gasteiger partial charge in [0, 0.05) is 26.0 Å². The molecule has 1 heterocycles. The van der Waals surface area contributed by atoms with Gasteiger partial charge in [0.1, 0.15) is 0 Å². The Morgan fingerprint density at radius 2 is 1.56 bits per heavy atom. The number of hydrogen-bond donors (Lipinski definition) is 0. The molecule has 1 aliphatic rings. The first kappa shape index (κ1) is 15.3. The molecular formula is C7H15F6N2P. The van der Waals surface area contributed by atoms with Crippen LogP contribution in [-0.4, -0.2) is 30.1 Å². The molecule has 1 rings (SSSR count). The molecule has 0 spiro atoms. The third kappa shape index (κ3) is 15.8. The fourth-order valence-electron chi connectivity index (χ4n) is 1.02. The molecular weight excluding hydrogens is 257 g/mol. The molecule has 0 atom stereocenters. The van der Waals surface area contributed by atoms with Crippen molar-refractivity contribution in [3.63, 3.8) is 0 Å². The Hall–Kier alpha value is -0.650. The molecule has 0 aromatic heterocycles. The van der Waals surface area contributed by atoms with E-state index in [0.29, 0.717) is 0 Å². The molecule has 0 fully saturated rings. The molecule has 0 saturated heterocycles. The molecule has 16 heavy (non-hydrogen) atoms. The van der Waals surface area contributed by atoms with Crippen LogP contribution < -0.4 is 0 Å². The van der Waals surface area contributed by atoms with Crippen molar-refractivity contribution in [1.82, 2.24) is 9.80 Å². The first-order valence-corrected chi connectivity index (χ1v) is 6.50. The van der Waals surface area contributed by atoms with Crippen molar-refractivity contribution in [2.24, 2.45) is 0 Å². The maximum absolute atomic E-state index is 10.7. The second-order valence-corrected chi connectivity index (χ2v) is 5.38. The third-order valence-corrected chi connectivity index (χ3v) is 1.45. The summed E-state index contributed by atoms with van der Waals surface area (Å²) in [5.41, 5.74) is 0. The van der Waals surface area contributed by atoms with Crippen LogP contribution in [0, 0.1) is 0 Å². The molecule has 0 radical (unpaired) electrons. The summed E-state index contributed by atoms with van der Waals surface area (Å²) in [6.07, 6.45) is 5.48. The van der Waals surface area contributed by atoms with Gasteiger partial charge >= 0.3 is 34.4 Å². The van der Waals surface area contributed by atoms with Gasteiger partial charge in [0.05, 0.1) is 6.67 Å². The molecule has 0 bridgehead atoms. The minimum absolute atomic E-state index is 0. The summed E-state index contributed by atoms with van der Waals surface area (Å²) >= 11 is 0. The van der Waals surface area contributed by atoms with E-state index >= 15 is 0 Å². The minimum Gasteiger partial charge on any atom is 1.00 e. The van der Waals surface area contributed by atoms with Gasteiger partial charge in [-0.05, 0) is 6.42 Å². The van der Waals surface area contributed by atoms with E-state index in [1.807, 2.05) is 0 Å². The number of nitrogens with zero attached hydrogens (tertiary/aromatic N) is 2. The summed E-state index contributed by atoms with van der Waals surface area (Å²) in [5.74, 6) is 0. The van der Waals surface area contributed by atoms with Gasteiger partial charge in [-0.15, -0.1) is 0 Å². The predicted molar refractivity (Wildman–Crippen MR) is 53.4 cm³/mol. The second-order valence-electron chi connectivity index (χ2n) is 3.47. The summed E-state index contributed by atoms with van der Waals surface area (Å²) in [4.78, 5) is 4.48. The molecule has 0 aliphatic carbocycles. The molecule has 0 aromatic carbocycles. The van der Waals surface area contributed by atoms with Crippen molar-refractivity contribution in [2.45, 2.75) is 13.3 Å². The Morgan fingerprint density at radius 3 is 1.81 bits per heavy atom. The van der Waals surface area contributed by atoms with E-state index in [9.17, 15) is 25.2 Å². The topological polar surface area (TPSA) is 6.48 Å². The van der Waals surface area contributed by atoms with Gasteiger partial charge in [-0.3, -0.25) is 0 Å². The van der Waals surface area contributed by atoms with Crippen LogP contribution in [0.1, 0.15) is 14.8 Å². The van der Waals surface area contributed by atoms with Gasteiger partial charge in [0.15, 0.2) is 0 Å². The van der Waals surface area contributed by atoms with Crippen molar-refractivity contribution in [2.75, 3.05) is 20.3 Å². The zero-order chi connectivity index (χ0) is 13.1. The van der Waals surface area contributed by atoms with Crippen molar-refractivity contribution in [3.8, 4) is 0 Å². The van der Waals surface area contributed by atoms with Crippen LogP contribution in [0.2, 0.25) is 0 Å². The SMILES string of the molecule is CCCN1C=CN(C)C1.F[P-](F)(F)(F)(F)F.[H+]. The summed E-state index contributed by atoms with van der Waals surface area (Å²) in [6, 6.07) is 0. The Bertz CT molecular complexity index is 251. The van der Waals surface area contributed by atoms with Crippen LogP contribution >= 0.6 is 7.81 Å². The zero-order valence-corrected chi connectivity index (χ0v) is 9.78. The number of hydrogen-bond acceptors (Lipinski definition) is 2. The summed E-state index contributed by atoms with van der Waals surface area (Å²) in [6.45, 7) is 4.45. The van der Waals surface area contributed by atoms with Crippen molar-refractivity contribution in [1.29, 1.82) is 0 Å². The van der Waals surface area contributed by atoms with E-state index in [1.165, 1.54) is 13.0 Å². The van der Waals surface area contributed by atoms with Crippen LogP contribution in [-0.2, 0) is 0 Å². The molecule has 0 aromatic rings. The average molecular weight is 272 g/mol. The summed E-state index contributed by atoms with van der Waals surface area (Å²) < 4.78 is 59.2. The molecule has 2 nitrogen and oxygen atoms in total. The quantitative estimate of drug-likeness (QED) is 0.536. The minimum atomic E-state index is -10.7. The normalized spacial score (nSPS) is 20.0. The van der Waals surface area contributed by atoms with Gasteiger partial charge in [0.2, 0.25) is 0 Å². The first-order chi connectivity index (χ1) is 6.78. The van der Waals surface area contributed by atoms with Crippen molar-refractivity contribution < 1.29 is 26.6 Å². The van der Waals surface area contributed by atoms with Gasteiger partial charge in [-0.1, -0.05) is 6.92 Å². The number of rotatable bonds is 2. The van der Waals surface area contributed by atoms with Crippen molar-refractivity contribution in [3.05, 3.63) is 12.4 Å². The largest absolute Gasteiger partial charge is 1.00 e. The van der Waals surface area contributed by atoms with Gasteiger partial charge in [-0.25, -0.2) is 0 Å². The van der Waals surface area contributed by atoms with Gasteiger partial charge in [0.25, 0.3) is 0 Å². The van der Waals surface area contributed by atoms with E-state index in [2.05, 4.69) is 36.2 Å². The van der Waals surface area contributed by atoms with Crippen LogP contribution in [0.3, 0.4) is 0 Å². The zero-order valence-electron chi connectivity index (χ0n) is 9.89. The Kier molecular flexibility index (Phi) is 3.82. The Balaban J connectivity index is 0. The average Bonchev–Trinajstić information content (AvgIpc) is 2.29. The monoisotopic (exact) mass is 272 g/mol. The van der Waals surface area contributed by atoms with Crippen molar-refractivity contribution >= 4 is 7.81 Å². The Labute approximate surface area is 91.2 Å². The van der Waals surface area contributed by atoms with Gasteiger partial charge in [-0.2, -0.15) is 0 Å². The molecule has 0 amide bonds. The van der Waals surface area contributed by atoms with Crippen LogP contribution in [0.15, 0.2) is 12.4 Å². The van der Waals surface area contributed by atoms with E-state index in [0.717, 1.165) is 6.67 Å². The van der Waals surface area contributed by atoms with Gasteiger partial charge < -0.3 is 9.80 Å². The maximum Gasteiger partial charge on any atom is 1.00 e. The molecule has 0 unspecified atom stereocenters. The molecule has 0 saturated carbocycles. The van der Waals surface area contributed by atoms with Crippen LogP contribution in [0.25, 0.3) is 0 Å². The fraction of sp³-hybridized carbons (Fsp3) is 0.714. The van der Waals surface area contributed by atoms with Crippen LogP contribution in [0.5, 0.6) is 0 Å². The Morgan fingerprint density at radius 1 is 1.12 bits per heavy atom. The smallest absolute Gasteiger partial charge is 1.00 e. The predicted octanol–water partition coefficient (Wildman–Crippen LogP) is 4.57. The van der Waals surface area contributed by atoms with E-state index < -0.39 is 7.81 Å². The van der Waals surface area contributed by atoms with E-state index in [4.69, 9.17) is 0 Å². The summed E-state index contributed by atoms with van der Waals surface area (Å²) in [5, 5.41) is 0. The maximum atomic E-state index is 9.87. The van der Waals surface area contributed by atoms with E-state index in [-0.39, 0.29) is 1.43 Å². The first-order valence-electron chi connectivity index (χ1n) is 4.47. The molecule has 0 N–H and O–H groups in total. The standard InChI is InChI=1S/C7H14N2.F6P/c1-3-4-9-6-5-8(2)7-9;1-7(2,3,4,5)6/h5-6H,3-4,7H2,1-2H3;/q;-1/p+1. The number of halogens is 6. The summed E-state index contributed by atoms with van der Waals surface area (Å²) in [7, 11) is -8.57. The second kappa shape index (κ2) is 3.98. The van der Waals surface area contributed by atoms with E-state index in [1.54, 1.807) is 0 Å². The third-order valence-electron chi connectivity index (χ3n) is 1.45. The van der Waals surface area contributed by atoms with Crippen LogP contribution in [0.4, 0.5) is 25.2 Å².